The van der Waals surface area contributed by atoms with Crippen molar-refractivity contribution < 1.29 is 24.2 Å². The van der Waals surface area contributed by atoms with E-state index in [2.05, 4.69) is 5.32 Å². The van der Waals surface area contributed by atoms with Crippen LogP contribution in [-0.4, -0.2) is 66.6 Å². The molecule has 2 rings (SSSR count). The Morgan fingerprint density at radius 2 is 1.81 bits per heavy atom. The highest BCUT2D eigenvalue weighted by atomic mass is 16.7. The Morgan fingerprint density at radius 3 is 2.29 bits per heavy atom. The second-order valence-corrected chi connectivity index (χ2v) is 6.01. The molecule has 2 heterocycles. The number of nitrogens with zero attached hydrogens (tertiary/aromatic N) is 1. The molecule has 0 aromatic carbocycles. The van der Waals surface area contributed by atoms with E-state index < -0.39 is 17.8 Å². The molecule has 1 atom stereocenters. The number of hydrogen-bond acceptors (Lipinski definition) is 5. The minimum absolute atomic E-state index is 0.142. The Morgan fingerprint density at radius 1 is 1.24 bits per heavy atom. The fourth-order valence-electron chi connectivity index (χ4n) is 2.77. The first-order valence-electron chi connectivity index (χ1n) is 7.44. The highest BCUT2D eigenvalue weighted by Crippen LogP contribution is 2.30. The van der Waals surface area contributed by atoms with Crippen molar-refractivity contribution in [2.45, 2.75) is 38.5 Å². The van der Waals surface area contributed by atoms with Crippen molar-refractivity contribution in [2.24, 2.45) is 5.92 Å². The van der Waals surface area contributed by atoms with E-state index in [-0.39, 0.29) is 18.4 Å². The van der Waals surface area contributed by atoms with Gasteiger partial charge in [-0.1, -0.05) is 13.8 Å². The topological polar surface area (TPSA) is 88.1 Å². The van der Waals surface area contributed by atoms with Gasteiger partial charge in [-0.25, -0.2) is 4.79 Å². The molecule has 2 saturated heterocycles. The van der Waals surface area contributed by atoms with Crippen molar-refractivity contribution in [2.75, 3.05) is 32.8 Å². The number of amides is 1. The SMILES string of the molecule is CC(C)C(NC(=O)CN1CCC2(CC1)OCCO2)C(=O)O. The van der Waals surface area contributed by atoms with Crippen LogP contribution in [0.4, 0.5) is 0 Å². The lowest BCUT2D eigenvalue weighted by Gasteiger charge is -2.37. The third-order valence-electron chi connectivity index (χ3n) is 4.05. The van der Waals surface area contributed by atoms with Crippen LogP contribution in [0.15, 0.2) is 0 Å². The Bertz CT molecular complexity index is 383. The molecule has 7 nitrogen and oxygen atoms in total. The molecule has 1 amide bonds. The second-order valence-electron chi connectivity index (χ2n) is 6.01. The Kier molecular flexibility index (Phi) is 5.18. The summed E-state index contributed by atoms with van der Waals surface area (Å²) in [5.74, 6) is -1.84. The van der Waals surface area contributed by atoms with Gasteiger partial charge in [0, 0.05) is 25.9 Å². The Balaban J connectivity index is 1.77. The van der Waals surface area contributed by atoms with Crippen LogP contribution in [0.1, 0.15) is 26.7 Å². The lowest BCUT2D eigenvalue weighted by atomic mass is 10.0. The van der Waals surface area contributed by atoms with Gasteiger partial charge in [0.2, 0.25) is 5.91 Å². The van der Waals surface area contributed by atoms with Crippen LogP contribution in [0.25, 0.3) is 0 Å². The van der Waals surface area contributed by atoms with E-state index in [1.54, 1.807) is 13.8 Å². The highest BCUT2D eigenvalue weighted by Gasteiger charge is 2.40. The van der Waals surface area contributed by atoms with Crippen LogP contribution in [0.3, 0.4) is 0 Å². The van der Waals surface area contributed by atoms with Gasteiger partial charge in [-0.2, -0.15) is 0 Å². The lowest BCUT2D eigenvalue weighted by molar-refractivity contribution is -0.185. The molecule has 1 unspecified atom stereocenters. The van der Waals surface area contributed by atoms with E-state index in [0.717, 1.165) is 12.8 Å². The smallest absolute Gasteiger partial charge is 0.326 e. The zero-order valence-corrected chi connectivity index (χ0v) is 12.6. The number of carboxylic acid groups (broad SMARTS) is 1. The van der Waals surface area contributed by atoms with Gasteiger partial charge in [-0.05, 0) is 5.92 Å². The number of aliphatic carboxylic acids is 1. The summed E-state index contributed by atoms with van der Waals surface area (Å²) in [6.45, 7) is 6.47. The third kappa shape index (κ3) is 4.15. The van der Waals surface area contributed by atoms with Crippen LogP contribution < -0.4 is 5.32 Å². The molecular formula is C14H24N2O5. The first-order chi connectivity index (χ1) is 9.92. The summed E-state index contributed by atoms with van der Waals surface area (Å²) in [6.07, 6.45) is 1.49. The van der Waals surface area contributed by atoms with E-state index in [1.807, 2.05) is 4.90 Å². The van der Waals surface area contributed by atoms with Gasteiger partial charge in [0.05, 0.1) is 19.8 Å². The van der Waals surface area contributed by atoms with Gasteiger partial charge in [-0.3, -0.25) is 9.69 Å². The van der Waals surface area contributed by atoms with Crippen molar-refractivity contribution in [1.82, 2.24) is 10.2 Å². The molecule has 120 valence electrons. The minimum atomic E-state index is -0.997. The van der Waals surface area contributed by atoms with Gasteiger partial charge in [-0.15, -0.1) is 0 Å². The van der Waals surface area contributed by atoms with E-state index in [1.165, 1.54) is 0 Å². The average molecular weight is 300 g/mol. The van der Waals surface area contributed by atoms with E-state index in [0.29, 0.717) is 26.3 Å². The summed E-state index contributed by atoms with van der Waals surface area (Å²) in [5, 5.41) is 11.7. The molecule has 2 N–H and O–H groups in total. The number of likely N-dealkylation sites (tertiary alicyclic amines) is 1. The molecular weight excluding hydrogens is 276 g/mol. The number of carboxylic acids is 1. The molecule has 0 aromatic heterocycles. The maximum absolute atomic E-state index is 12.0. The molecule has 1 spiro atoms. The van der Waals surface area contributed by atoms with Crippen LogP contribution in [-0.2, 0) is 19.1 Å². The van der Waals surface area contributed by atoms with Gasteiger partial charge < -0.3 is 19.9 Å². The minimum Gasteiger partial charge on any atom is -0.480 e. The average Bonchev–Trinajstić information content (AvgIpc) is 2.87. The molecule has 21 heavy (non-hydrogen) atoms. The fourth-order valence-corrected chi connectivity index (χ4v) is 2.77. The van der Waals surface area contributed by atoms with Crippen LogP contribution in [0, 0.1) is 5.92 Å². The van der Waals surface area contributed by atoms with Gasteiger partial charge in [0.25, 0.3) is 0 Å². The summed E-state index contributed by atoms with van der Waals surface area (Å²) < 4.78 is 11.3. The number of hydrogen-bond donors (Lipinski definition) is 2. The second kappa shape index (κ2) is 6.72. The number of ether oxygens (including phenoxy) is 2. The number of nitrogens with one attached hydrogen (secondary N) is 1. The number of carbonyl (C=O) groups is 2. The first kappa shape index (κ1) is 16.2. The van der Waals surface area contributed by atoms with Gasteiger partial charge in [0.1, 0.15) is 6.04 Å². The largest absolute Gasteiger partial charge is 0.480 e. The summed E-state index contributed by atoms with van der Waals surface area (Å²) in [7, 11) is 0. The third-order valence-corrected chi connectivity index (χ3v) is 4.05. The zero-order valence-electron chi connectivity index (χ0n) is 12.6. The van der Waals surface area contributed by atoms with Crippen molar-refractivity contribution in [3.63, 3.8) is 0 Å². The number of carbonyl (C=O) groups excluding carboxylic acids is 1. The predicted octanol–water partition coefficient (Wildman–Crippen LogP) is 0.0507. The monoisotopic (exact) mass is 300 g/mol. The van der Waals surface area contributed by atoms with Crippen molar-refractivity contribution in [3.05, 3.63) is 0 Å². The molecule has 7 heteroatoms. The number of piperidine rings is 1. The van der Waals surface area contributed by atoms with Crippen LogP contribution in [0.5, 0.6) is 0 Å². The normalized spacial score (nSPS) is 23.4. The maximum Gasteiger partial charge on any atom is 0.326 e. The van der Waals surface area contributed by atoms with Crippen molar-refractivity contribution in [3.8, 4) is 0 Å². The van der Waals surface area contributed by atoms with Gasteiger partial charge >= 0.3 is 5.97 Å². The van der Waals surface area contributed by atoms with Crippen molar-refractivity contribution in [1.29, 1.82) is 0 Å². The number of rotatable bonds is 5. The van der Waals surface area contributed by atoms with E-state index >= 15 is 0 Å². The molecule has 0 bridgehead atoms. The molecule has 2 fully saturated rings. The molecule has 2 aliphatic heterocycles. The first-order valence-corrected chi connectivity index (χ1v) is 7.44. The predicted molar refractivity (Wildman–Crippen MR) is 74.7 cm³/mol. The van der Waals surface area contributed by atoms with E-state index in [4.69, 9.17) is 14.6 Å². The fraction of sp³-hybridized carbons (Fsp3) is 0.857. The van der Waals surface area contributed by atoms with Gasteiger partial charge in [0.15, 0.2) is 5.79 Å². The highest BCUT2D eigenvalue weighted by molar-refractivity contribution is 5.84. The van der Waals surface area contributed by atoms with E-state index in [9.17, 15) is 9.59 Å². The summed E-state index contributed by atoms with van der Waals surface area (Å²) in [4.78, 5) is 25.0. The lowest BCUT2D eigenvalue weighted by Crippen LogP contribution is -2.51. The van der Waals surface area contributed by atoms with Crippen LogP contribution >= 0.6 is 0 Å². The summed E-state index contributed by atoms with van der Waals surface area (Å²) in [6, 6.07) is -0.838. The molecule has 2 aliphatic rings. The molecule has 0 radical (unpaired) electrons. The Labute approximate surface area is 124 Å². The van der Waals surface area contributed by atoms with Crippen LogP contribution in [0.2, 0.25) is 0 Å². The van der Waals surface area contributed by atoms with Crippen molar-refractivity contribution >= 4 is 11.9 Å². The standard InChI is InChI=1S/C14H24N2O5/c1-10(2)12(13(18)19)15-11(17)9-16-5-3-14(4-6-16)20-7-8-21-14/h10,12H,3-9H2,1-2H3,(H,15,17)(H,18,19). The summed E-state index contributed by atoms with van der Waals surface area (Å²) >= 11 is 0. The molecule has 0 aliphatic carbocycles. The quantitative estimate of drug-likeness (QED) is 0.746. The molecule has 0 saturated carbocycles. The summed E-state index contributed by atoms with van der Waals surface area (Å²) in [5.41, 5.74) is 0. The maximum atomic E-state index is 12.0. The molecule has 0 aromatic rings. The Hall–Kier alpha value is -1.18. The zero-order chi connectivity index (χ0) is 15.5.